The number of carbonyl (C=O) groups is 10. The molecule has 2 saturated heterocycles. The Labute approximate surface area is 475 Å². The zero-order valence-electron chi connectivity index (χ0n) is 43.8. The van der Waals surface area contributed by atoms with Gasteiger partial charge in [-0.2, -0.15) is 0 Å². The minimum Gasteiger partial charge on any atom is -0.481 e. The molecule has 5 fully saturated rings. The van der Waals surface area contributed by atoms with Crippen LogP contribution < -0.4 is 31.1 Å². The molecule has 0 radical (unpaired) electrons. The minimum absolute atomic E-state index is 0.0641. The van der Waals surface area contributed by atoms with E-state index in [4.69, 9.17) is 28.6 Å². The first-order valence-corrected chi connectivity index (χ1v) is 27.0. The lowest BCUT2D eigenvalue weighted by molar-refractivity contribution is -0.166. The topological polar surface area (TPSA) is 355 Å². The van der Waals surface area contributed by atoms with Gasteiger partial charge < -0.3 is 50.0 Å². The average molecular weight is 1150 g/mol. The summed E-state index contributed by atoms with van der Waals surface area (Å²) >= 11 is 0. The smallest absolute Gasteiger partial charge is 0.318 e. The second-order valence-electron chi connectivity index (χ2n) is 22.1. The van der Waals surface area contributed by atoms with Gasteiger partial charge in [-0.1, -0.05) is 36.5 Å². The molecule has 0 spiro atoms. The third kappa shape index (κ3) is 9.84. The van der Waals surface area contributed by atoms with Crippen LogP contribution in [0.2, 0.25) is 0 Å². The summed E-state index contributed by atoms with van der Waals surface area (Å²) in [7, 11) is 0. The molecule has 18 atom stereocenters. The number of carbonyl (C=O) groups excluding carboxylic acids is 6. The number of hydrogen-bond acceptors (Lipinski definition) is 18. The molecule has 3 saturated carbocycles. The van der Waals surface area contributed by atoms with Crippen molar-refractivity contribution >= 4 is 82.3 Å². The van der Waals surface area contributed by atoms with Crippen molar-refractivity contribution in [2.45, 2.75) is 0 Å². The number of aliphatic carboxylic acids is 4. The molecule has 18 unspecified atom stereocenters. The van der Waals surface area contributed by atoms with Gasteiger partial charge >= 0.3 is 47.8 Å². The van der Waals surface area contributed by atoms with Gasteiger partial charge in [0.15, 0.2) is 0 Å². The highest BCUT2D eigenvalue weighted by Crippen LogP contribution is 2.57. The molecule has 0 aromatic heterocycles. The molecule has 2 aliphatic heterocycles. The van der Waals surface area contributed by atoms with Crippen molar-refractivity contribution in [3.8, 4) is 23.0 Å². The maximum atomic E-state index is 14.0. The van der Waals surface area contributed by atoms with Crippen molar-refractivity contribution in [3.63, 3.8) is 0 Å². The van der Waals surface area contributed by atoms with Crippen LogP contribution in [-0.4, -0.2) is 93.2 Å². The van der Waals surface area contributed by atoms with E-state index >= 15 is 0 Å². The summed E-state index contributed by atoms with van der Waals surface area (Å²) in [6, 6.07) is 25.7. The Morgan fingerprint density at radius 3 is 1.05 bits per heavy atom. The van der Waals surface area contributed by atoms with Crippen LogP contribution in [0.15, 0.2) is 134 Å². The van der Waals surface area contributed by atoms with E-state index in [2.05, 4.69) is 21.6 Å². The largest absolute Gasteiger partial charge is 0.481 e. The normalized spacial score (nSPS) is 32.4. The third-order valence-corrected chi connectivity index (χ3v) is 17.9. The SMILES string of the molecule is O=C(O)C1C2C=CC(C1CONc1ccc(Oc3ccc(NC(=O)C4C5C=CC(C4C(=O)O)C4C(=O)OC(=O)C54)cc3)cc1)C(C(=O)O)C2C(=O)Nc1ccc(Oc2ccc(NOCC3C4C=CC(C3C(=O)O)C3C(=O)OC(=O)C43)cc2)cc1. The molecule has 2 amide bonds. The van der Waals surface area contributed by atoms with Crippen molar-refractivity contribution in [1.29, 1.82) is 0 Å². The number of ether oxygens (including phenoxy) is 4. The average Bonchev–Trinajstić information content (AvgIpc) is 2.00. The number of nitrogens with one attached hydrogen (secondary N) is 4. The number of hydrogen-bond donors (Lipinski definition) is 8. The Hall–Kier alpha value is -9.68. The maximum absolute atomic E-state index is 14.0. The predicted molar refractivity (Wildman–Crippen MR) is 285 cm³/mol. The van der Waals surface area contributed by atoms with Crippen molar-refractivity contribution < 1.29 is 97.0 Å². The number of allylic oxidation sites excluding steroid dienone is 6. The molecule has 84 heavy (non-hydrogen) atoms. The fourth-order valence-electron chi connectivity index (χ4n) is 14.3. The lowest BCUT2D eigenvalue weighted by Crippen LogP contribution is -2.57. The molecule has 8 N–H and O–H groups in total. The van der Waals surface area contributed by atoms with E-state index < -0.39 is 166 Å². The minimum atomic E-state index is -1.28. The number of esters is 4. The number of fused-ring (bicyclic) bond motifs is 4. The quantitative estimate of drug-likeness (QED) is 0.0221. The highest BCUT2D eigenvalue weighted by atomic mass is 16.6. The Morgan fingerprint density at radius 2 is 0.643 bits per heavy atom. The highest BCUT2D eigenvalue weighted by Gasteiger charge is 2.66. The second kappa shape index (κ2) is 21.9. The number of cyclic esters (lactones) is 4. The second-order valence-corrected chi connectivity index (χ2v) is 22.1. The highest BCUT2D eigenvalue weighted by molar-refractivity contribution is 6.02. The van der Waals surface area contributed by atoms with Crippen LogP contribution in [0.1, 0.15) is 0 Å². The van der Waals surface area contributed by atoms with Crippen LogP contribution in [0.3, 0.4) is 0 Å². The van der Waals surface area contributed by atoms with Crippen LogP contribution in [0.4, 0.5) is 22.7 Å². The van der Waals surface area contributed by atoms with E-state index in [0.29, 0.717) is 45.7 Å². The molecule has 11 aliphatic rings. The van der Waals surface area contributed by atoms with Gasteiger partial charge in [-0.15, -0.1) is 0 Å². The van der Waals surface area contributed by atoms with Crippen molar-refractivity contribution in [2.24, 2.45) is 107 Å². The molecule has 2 heterocycles. The summed E-state index contributed by atoms with van der Waals surface area (Å²) in [5.74, 6) is -24.1. The fourth-order valence-corrected chi connectivity index (χ4v) is 14.3. The first-order chi connectivity index (χ1) is 40.4. The van der Waals surface area contributed by atoms with Gasteiger partial charge in [0, 0.05) is 46.9 Å². The molecule has 15 rings (SSSR count). The number of anilines is 4. The lowest BCUT2D eigenvalue weighted by Gasteiger charge is -2.49. The Morgan fingerprint density at radius 1 is 0.357 bits per heavy atom. The van der Waals surface area contributed by atoms with Crippen LogP contribution in [-0.2, 0) is 67.1 Å². The molecule has 24 heteroatoms. The standard InChI is InChI=1S/C60H52N4O20/c65-51(61-25-1-9-29(10-2-25)81-32-15-7-28(8-16-32)64-80-24-40-34-18-20-36(42(40)54(69)70)48-47(34)57(75)83-58(48)76)43-35-19-17-33(45(43)55(71)72)39(41(35)53(67)68)23-79-63-27-5-13-31(14-6-27)82-30-11-3-26(4-12-30)62-52(66)44-37-21-22-38(46(44)56(73)74)50-49(37)59(77)84-60(50)78/h1-22,33-50,63-64H,23-24H2,(H,61,65)(H,62,66)(H,67,68)(H,69,70)(H,71,72)(H,73,74). The van der Waals surface area contributed by atoms with Crippen molar-refractivity contribution in [3.05, 3.63) is 134 Å². The number of amides is 2. The zero-order chi connectivity index (χ0) is 58.8. The Bertz CT molecular complexity index is 3470. The Balaban J connectivity index is 0.610. The van der Waals surface area contributed by atoms with Gasteiger partial charge in [-0.05, 0) is 109 Å². The molecular formula is C60H52N4O20. The van der Waals surface area contributed by atoms with Crippen LogP contribution in [0.5, 0.6) is 23.0 Å². The molecule has 6 bridgehead atoms. The molecule has 9 aliphatic carbocycles. The van der Waals surface area contributed by atoms with Gasteiger partial charge in [0.2, 0.25) is 11.8 Å². The number of benzene rings is 4. The summed E-state index contributed by atoms with van der Waals surface area (Å²) in [5.41, 5.74) is 7.18. The number of rotatable bonds is 20. The predicted octanol–water partition coefficient (Wildman–Crippen LogP) is 5.88. The van der Waals surface area contributed by atoms with Gasteiger partial charge in [0.25, 0.3) is 0 Å². The van der Waals surface area contributed by atoms with Gasteiger partial charge in [-0.25, -0.2) is 0 Å². The molecular weight excluding hydrogens is 1100 g/mol. The molecule has 4 aromatic carbocycles. The fraction of sp³-hybridized carbons (Fsp3) is 0.333. The first-order valence-electron chi connectivity index (χ1n) is 27.0. The van der Waals surface area contributed by atoms with E-state index in [1.807, 2.05) is 0 Å². The van der Waals surface area contributed by atoms with E-state index in [0.717, 1.165) is 0 Å². The Kier molecular flexibility index (Phi) is 14.3. The van der Waals surface area contributed by atoms with Crippen molar-refractivity contribution in [2.75, 3.05) is 34.8 Å². The number of carboxylic acid groups (broad SMARTS) is 4. The third-order valence-electron chi connectivity index (χ3n) is 17.9. The summed E-state index contributed by atoms with van der Waals surface area (Å²) < 4.78 is 21.6. The molecule has 4 aromatic rings. The van der Waals surface area contributed by atoms with Gasteiger partial charge in [0.05, 0.1) is 83.8 Å². The van der Waals surface area contributed by atoms with E-state index in [1.165, 1.54) is 0 Å². The lowest BCUT2D eigenvalue weighted by atomic mass is 9.53. The monoisotopic (exact) mass is 1150 g/mol. The zero-order valence-corrected chi connectivity index (χ0v) is 43.8. The van der Waals surface area contributed by atoms with E-state index in [9.17, 15) is 68.4 Å². The van der Waals surface area contributed by atoms with Crippen LogP contribution in [0.25, 0.3) is 0 Å². The van der Waals surface area contributed by atoms with Crippen LogP contribution in [0, 0.1) is 107 Å². The maximum Gasteiger partial charge on any atom is 0.318 e. The van der Waals surface area contributed by atoms with E-state index in [-0.39, 0.29) is 13.2 Å². The summed E-state index contributed by atoms with van der Waals surface area (Å²) in [6.07, 6.45) is 9.88. The first kappa shape index (κ1) is 54.9. The van der Waals surface area contributed by atoms with Crippen molar-refractivity contribution in [1.82, 2.24) is 0 Å². The van der Waals surface area contributed by atoms with Crippen LogP contribution >= 0.6 is 0 Å². The van der Waals surface area contributed by atoms with E-state index in [1.54, 1.807) is 134 Å². The molecule has 24 nitrogen and oxygen atoms in total. The van der Waals surface area contributed by atoms with Gasteiger partial charge in [0.1, 0.15) is 23.0 Å². The summed E-state index contributed by atoms with van der Waals surface area (Å²) in [5, 5.41) is 46.7. The summed E-state index contributed by atoms with van der Waals surface area (Å²) in [6.45, 7) is -0.287. The molecule has 432 valence electrons. The number of carboxylic acids is 4. The summed E-state index contributed by atoms with van der Waals surface area (Å²) in [4.78, 5) is 139. The van der Waals surface area contributed by atoms with Gasteiger partial charge in [-0.3, -0.25) is 68.6 Å².